The van der Waals surface area contributed by atoms with Gasteiger partial charge in [-0.1, -0.05) is 42.7 Å². The van der Waals surface area contributed by atoms with Crippen LogP contribution >= 0.6 is 23.1 Å². The minimum Gasteiger partial charge on any atom is -0.350 e. The summed E-state index contributed by atoms with van der Waals surface area (Å²) >= 11 is 2.97. The highest BCUT2D eigenvalue weighted by Crippen LogP contribution is 2.41. The van der Waals surface area contributed by atoms with Gasteiger partial charge in [-0.05, 0) is 36.8 Å². The first kappa shape index (κ1) is 21.9. The van der Waals surface area contributed by atoms with Crippen LogP contribution in [0.2, 0.25) is 0 Å². The first-order valence-electron chi connectivity index (χ1n) is 10.4. The number of carbonyl (C=O) groups excluding carboxylic acids is 1. The van der Waals surface area contributed by atoms with E-state index in [0.29, 0.717) is 24.5 Å². The van der Waals surface area contributed by atoms with E-state index >= 15 is 0 Å². The lowest BCUT2D eigenvalue weighted by Crippen LogP contribution is -2.40. The summed E-state index contributed by atoms with van der Waals surface area (Å²) in [5.41, 5.74) is 2.42. The number of rotatable bonds is 6. The maximum Gasteiger partial charge on any atom is 0.262 e. The maximum absolute atomic E-state index is 13.1. The number of nitrogens with one attached hydrogen (secondary N) is 1. The largest absolute Gasteiger partial charge is 0.350 e. The summed E-state index contributed by atoms with van der Waals surface area (Å²) < 4.78 is 27.7. The average molecular weight is 465 g/mol. The van der Waals surface area contributed by atoms with Crippen molar-refractivity contribution in [2.75, 3.05) is 31.1 Å². The Morgan fingerprint density at radius 3 is 2.60 bits per heavy atom. The Bertz CT molecular complexity index is 1000. The number of sulfonamides is 1. The van der Waals surface area contributed by atoms with Crippen molar-refractivity contribution in [3.05, 3.63) is 51.7 Å². The van der Waals surface area contributed by atoms with Gasteiger partial charge in [0.15, 0.2) is 0 Å². The molecule has 2 aromatic rings. The van der Waals surface area contributed by atoms with Crippen LogP contribution in [0.1, 0.15) is 46.5 Å². The van der Waals surface area contributed by atoms with Crippen molar-refractivity contribution in [1.82, 2.24) is 9.62 Å². The Kier molecular flexibility index (Phi) is 6.58. The number of thioether (sulfide) groups is 1. The van der Waals surface area contributed by atoms with Crippen molar-refractivity contribution >= 4 is 39.0 Å². The summed E-state index contributed by atoms with van der Waals surface area (Å²) in [4.78, 5) is 13.5. The summed E-state index contributed by atoms with van der Waals surface area (Å²) in [5.74, 6) is 1.31. The molecule has 4 rings (SSSR count). The van der Waals surface area contributed by atoms with Gasteiger partial charge in [0, 0.05) is 36.6 Å². The third-order valence-electron chi connectivity index (χ3n) is 6.20. The molecule has 5 nitrogen and oxygen atoms in total. The van der Waals surface area contributed by atoms with Crippen LogP contribution in [-0.2, 0) is 15.4 Å². The molecular weight excluding hydrogens is 436 g/mol. The van der Waals surface area contributed by atoms with Gasteiger partial charge in [0.05, 0.1) is 0 Å². The predicted molar refractivity (Wildman–Crippen MR) is 124 cm³/mol. The smallest absolute Gasteiger partial charge is 0.262 e. The van der Waals surface area contributed by atoms with E-state index in [1.54, 1.807) is 23.2 Å². The van der Waals surface area contributed by atoms with E-state index in [0.717, 1.165) is 37.2 Å². The normalized spacial score (nSPS) is 19.6. The van der Waals surface area contributed by atoms with E-state index in [1.807, 2.05) is 0 Å². The van der Waals surface area contributed by atoms with Crippen LogP contribution < -0.4 is 5.32 Å². The molecule has 1 aliphatic heterocycles. The lowest BCUT2D eigenvalue weighted by Gasteiger charge is -2.30. The van der Waals surface area contributed by atoms with Gasteiger partial charge in [-0.3, -0.25) is 4.79 Å². The van der Waals surface area contributed by atoms with Crippen LogP contribution in [0.25, 0.3) is 0 Å². The summed E-state index contributed by atoms with van der Waals surface area (Å²) in [7, 11) is -3.64. The van der Waals surface area contributed by atoms with Gasteiger partial charge < -0.3 is 5.32 Å². The fourth-order valence-electron chi connectivity index (χ4n) is 4.52. The topological polar surface area (TPSA) is 66.5 Å². The lowest BCUT2D eigenvalue weighted by atomic mass is 9.78. The Morgan fingerprint density at radius 1 is 1.17 bits per heavy atom. The quantitative estimate of drug-likeness (QED) is 0.701. The first-order chi connectivity index (χ1) is 14.4. The summed E-state index contributed by atoms with van der Waals surface area (Å²) in [6.07, 6.45) is 4.38. The number of hydrogen-bond donors (Lipinski definition) is 1. The molecular formula is C22H28N2O3S3. The van der Waals surface area contributed by atoms with Crippen molar-refractivity contribution in [2.45, 2.75) is 42.9 Å². The molecule has 1 aliphatic carbocycles. The van der Waals surface area contributed by atoms with Gasteiger partial charge in [-0.25, -0.2) is 8.42 Å². The van der Waals surface area contributed by atoms with E-state index in [4.69, 9.17) is 0 Å². The molecule has 0 bridgehead atoms. The molecule has 30 heavy (non-hydrogen) atoms. The lowest BCUT2D eigenvalue weighted by molar-refractivity contribution is 0.0944. The fourth-order valence-corrected chi connectivity index (χ4v) is 8.41. The van der Waals surface area contributed by atoms with Gasteiger partial charge >= 0.3 is 0 Å². The van der Waals surface area contributed by atoms with E-state index in [9.17, 15) is 13.2 Å². The number of carbonyl (C=O) groups is 1. The molecule has 1 aromatic carbocycles. The van der Waals surface area contributed by atoms with E-state index in [1.165, 1.54) is 26.8 Å². The minimum absolute atomic E-state index is 0.0674. The molecule has 8 heteroatoms. The Balaban J connectivity index is 1.53. The standard InChI is InChI=1S/C22H28N2O3S3/c1-17-5-4-6-18(15-17)22(8-2-3-9-22)16-23-21(25)20-19(7-12-29-20)30(26,27)24-10-13-28-14-11-24/h4-7,12,15H,2-3,8-11,13-14,16H2,1H3,(H,23,25). The Morgan fingerprint density at radius 2 is 1.90 bits per heavy atom. The molecule has 0 spiro atoms. The molecule has 2 fully saturated rings. The molecule has 162 valence electrons. The number of hydrogen-bond acceptors (Lipinski definition) is 5. The van der Waals surface area contributed by atoms with E-state index in [-0.39, 0.29) is 16.2 Å². The first-order valence-corrected chi connectivity index (χ1v) is 13.9. The molecule has 2 heterocycles. The van der Waals surface area contributed by atoms with Crippen molar-refractivity contribution in [3.8, 4) is 0 Å². The zero-order chi connectivity index (χ0) is 21.2. The minimum atomic E-state index is -3.64. The highest BCUT2D eigenvalue weighted by Gasteiger charge is 2.37. The highest BCUT2D eigenvalue weighted by molar-refractivity contribution is 7.99. The molecule has 2 aliphatic rings. The highest BCUT2D eigenvalue weighted by atomic mass is 32.2. The van der Waals surface area contributed by atoms with Gasteiger partial charge in [-0.2, -0.15) is 16.1 Å². The Hall–Kier alpha value is -1.35. The second kappa shape index (κ2) is 9.02. The Labute approximate surface area is 187 Å². The van der Waals surface area contributed by atoms with Crippen LogP contribution in [-0.4, -0.2) is 49.8 Å². The number of aryl methyl sites for hydroxylation is 1. The van der Waals surface area contributed by atoms with Crippen molar-refractivity contribution in [1.29, 1.82) is 0 Å². The fraction of sp³-hybridized carbons (Fsp3) is 0.500. The number of benzene rings is 1. The molecule has 0 radical (unpaired) electrons. The number of amides is 1. The zero-order valence-electron chi connectivity index (χ0n) is 17.2. The molecule has 1 amide bonds. The molecule has 1 aromatic heterocycles. The number of nitrogens with zero attached hydrogens (tertiary/aromatic N) is 1. The van der Waals surface area contributed by atoms with Crippen LogP contribution in [0.15, 0.2) is 40.6 Å². The van der Waals surface area contributed by atoms with Gasteiger partial charge in [0.2, 0.25) is 10.0 Å². The van der Waals surface area contributed by atoms with Crippen LogP contribution in [0.3, 0.4) is 0 Å². The van der Waals surface area contributed by atoms with Gasteiger partial charge in [0.25, 0.3) is 5.91 Å². The molecule has 1 N–H and O–H groups in total. The number of thiophene rings is 1. The van der Waals surface area contributed by atoms with Gasteiger partial charge in [0.1, 0.15) is 9.77 Å². The summed E-state index contributed by atoms with van der Waals surface area (Å²) in [5, 5.41) is 4.79. The van der Waals surface area contributed by atoms with Crippen LogP contribution in [0.5, 0.6) is 0 Å². The molecule has 1 saturated carbocycles. The third kappa shape index (κ3) is 4.33. The van der Waals surface area contributed by atoms with Crippen LogP contribution in [0, 0.1) is 6.92 Å². The van der Waals surface area contributed by atoms with Crippen molar-refractivity contribution in [2.24, 2.45) is 0 Å². The SMILES string of the molecule is Cc1cccc(C2(CNC(=O)c3sccc3S(=O)(=O)N3CCSCC3)CCCC2)c1. The third-order valence-corrected chi connectivity index (χ3v) is 10.1. The van der Waals surface area contributed by atoms with E-state index in [2.05, 4.69) is 36.5 Å². The van der Waals surface area contributed by atoms with Crippen molar-refractivity contribution in [3.63, 3.8) is 0 Å². The summed E-state index contributed by atoms with van der Waals surface area (Å²) in [6.45, 7) is 3.63. The average Bonchev–Trinajstić information content (AvgIpc) is 3.44. The molecule has 1 saturated heterocycles. The predicted octanol–water partition coefficient (Wildman–Crippen LogP) is 4.04. The maximum atomic E-state index is 13.1. The second-order valence-corrected chi connectivity index (χ2v) is 12.2. The zero-order valence-corrected chi connectivity index (χ0v) is 19.7. The van der Waals surface area contributed by atoms with Gasteiger partial charge in [-0.15, -0.1) is 11.3 Å². The summed E-state index contributed by atoms with van der Waals surface area (Å²) in [6, 6.07) is 10.1. The van der Waals surface area contributed by atoms with Crippen LogP contribution in [0.4, 0.5) is 0 Å². The van der Waals surface area contributed by atoms with E-state index < -0.39 is 10.0 Å². The van der Waals surface area contributed by atoms with Crippen molar-refractivity contribution < 1.29 is 13.2 Å². The monoisotopic (exact) mass is 464 g/mol. The molecule has 0 unspecified atom stereocenters. The molecule has 0 atom stereocenters. The second-order valence-electron chi connectivity index (χ2n) is 8.17.